The molecule has 0 saturated carbocycles. The summed E-state index contributed by atoms with van der Waals surface area (Å²) in [5.74, 6) is 2.36. The molecule has 80 valence electrons. The Labute approximate surface area is 94.0 Å². The molecule has 1 aliphatic rings. The second kappa shape index (κ2) is 4.66. The van der Waals surface area contributed by atoms with E-state index in [1.165, 1.54) is 18.6 Å². The lowest BCUT2D eigenvalue weighted by Gasteiger charge is -2.28. The minimum absolute atomic E-state index is 0.728. The largest absolute Gasteiger partial charge is 0.370 e. The van der Waals surface area contributed by atoms with Crippen LogP contribution in [-0.4, -0.2) is 36.4 Å². The van der Waals surface area contributed by atoms with E-state index < -0.39 is 0 Å². The zero-order chi connectivity index (χ0) is 10.7. The minimum Gasteiger partial charge on any atom is -0.370 e. The molecule has 0 spiro atoms. The predicted molar refractivity (Wildman–Crippen MR) is 65.2 cm³/mol. The van der Waals surface area contributed by atoms with E-state index >= 15 is 0 Å². The van der Waals surface area contributed by atoms with Gasteiger partial charge in [-0.3, -0.25) is 0 Å². The molecule has 0 amide bonds. The predicted octanol–water partition coefficient (Wildman–Crippen LogP) is 2.28. The van der Waals surface area contributed by atoms with E-state index in [9.17, 15) is 4.91 Å². The number of hydrogen-bond donors (Lipinski definition) is 0. The average Bonchev–Trinajstić information content (AvgIpc) is 2.30. The number of rotatable bonds is 2. The van der Waals surface area contributed by atoms with Gasteiger partial charge in [0.25, 0.3) is 5.69 Å². The minimum atomic E-state index is 0.728. The third-order valence-electron chi connectivity index (χ3n) is 2.57. The number of anilines is 1. The molecule has 2 rings (SSSR count). The Kier molecular flexibility index (Phi) is 3.26. The summed E-state index contributed by atoms with van der Waals surface area (Å²) in [7, 11) is 1.53. The molecule has 1 saturated heterocycles. The second-order valence-corrected chi connectivity index (χ2v) is 4.84. The molecule has 0 aromatic heterocycles. The Hall–Kier alpha value is -1.03. The van der Waals surface area contributed by atoms with Gasteiger partial charge in [-0.25, -0.2) is 0 Å². The van der Waals surface area contributed by atoms with E-state index in [0.29, 0.717) is 0 Å². The lowest BCUT2D eigenvalue weighted by molar-refractivity contribution is -0.428. The molecule has 0 radical (unpaired) electrons. The van der Waals surface area contributed by atoms with E-state index in [1.807, 2.05) is 30.0 Å². The fourth-order valence-corrected chi connectivity index (χ4v) is 2.61. The van der Waals surface area contributed by atoms with Gasteiger partial charge < -0.3 is 4.90 Å². The maximum atomic E-state index is 11.2. The number of nitroso groups, excluding NO2 is 1. The van der Waals surface area contributed by atoms with E-state index in [0.717, 1.165) is 29.2 Å². The molecular weight excluding hydrogens is 208 g/mol. The van der Waals surface area contributed by atoms with Gasteiger partial charge in [-0.1, -0.05) is 6.07 Å². The number of nitrogens with zero attached hydrogens (tertiary/aromatic N) is 2. The summed E-state index contributed by atoms with van der Waals surface area (Å²) in [6.07, 6.45) is 0. The van der Waals surface area contributed by atoms with Crippen molar-refractivity contribution in [1.29, 1.82) is 0 Å². The van der Waals surface area contributed by atoms with Crippen LogP contribution in [0.4, 0.5) is 11.4 Å². The van der Waals surface area contributed by atoms with Crippen LogP contribution < -0.4 is 4.90 Å². The summed E-state index contributed by atoms with van der Waals surface area (Å²) in [6, 6.07) is 7.82. The fraction of sp³-hybridized carbons (Fsp3) is 0.455. The van der Waals surface area contributed by atoms with Crippen molar-refractivity contribution >= 4 is 23.1 Å². The van der Waals surface area contributed by atoms with Gasteiger partial charge in [-0.05, 0) is 6.07 Å². The zero-order valence-electron chi connectivity index (χ0n) is 8.85. The molecule has 1 aliphatic heterocycles. The van der Waals surface area contributed by atoms with Gasteiger partial charge in [-0.2, -0.15) is 11.8 Å². The highest BCUT2D eigenvalue weighted by atomic mass is 32.2. The van der Waals surface area contributed by atoms with Crippen molar-refractivity contribution < 1.29 is 4.76 Å². The monoisotopic (exact) mass is 223 g/mol. The van der Waals surface area contributed by atoms with Gasteiger partial charge in [0.05, 0.1) is 0 Å². The maximum Gasteiger partial charge on any atom is 0.257 e. The van der Waals surface area contributed by atoms with E-state index in [-0.39, 0.29) is 0 Å². The first-order chi connectivity index (χ1) is 7.27. The molecule has 1 aromatic carbocycles. The molecule has 0 unspecified atom stereocenters. The molecule has 15 heavy (non-hydrogen) atoms. The van der Waals surface area contributed by atoms with Crippen molar-refractivity contribution in [2.45, 2.75) is 0 Å². The van der Waals surface area contributed by atoms with Crippen LogP contribution in [0, 0.1) is 4.91 Å². The van der Waals surface area contributed by atoms with E-state index in [2.05, 4.69) is 11.0 Å². The first-order valence-corrected chi connectivity index (χ1v) is 6.26. The molecule has 1 fully saturated rings. The topological polar surface area (TPSA) is 23.3 Å². The van der Waals surface area contributed by atoms with Gasteiger partial charge >= 0.3 is 0 Å². The summed E-state index contributed by atoms with van der Waals surface area (Å²) in [5, 5.41) is 0. The first-order valence-electron chi connectivity index (χ1n) is 5.11. The molecule has 0 bridgehead atoms. The van der Waals surface area contributed by atoms with Crippen molar-refractivity contribution in [2.24, 2.45) is 0 Å². The van der Waals surface area contributed by atoms with Crippen LogP contribution in [0.1, 0.15) is 0 Å². The lowest BCUT2D eigenvalue weighted by Crippen LogP contribution is -2.32. The standard InChI is InChI=1S/C11H15N2OS/c1-12(14)10-3-2-4-11(9-10)13-5-7-15-8-6-13/h2-4,9H,5-8H2,1H3/q+1. The normalized spacial score (nSPS) is 16.5. The molecule has 1 heterocycles. The van der Waals surface area contributed by atoms with Crippen LogP contribution >= 0.6 is 11.8 Å². The summed E-state index contributed by atoms with van der Waals surface area (Å²) < 4.78 is 0.905. The second-order valence-electron chi connectivity index (χ2n) is 3.62. The molecular formula is C11H15N2OS+. The van der Waals surface area contributed by atoms with Crippen molar-refractivity contribution in [2.75, 3.05) is 36.5 Å². The van der Waals surface area contributed by atoms with Crippen molar-refractivity contribution in [1.82, 2.24) is 0 Å². The third kappa shape index (κ3) is 2.50. The Morgan fingerprint density at radius 1 is 1.33 bits per heavy atom. The number of benzene rings is 1. The van der Waals surface area contributed by atoms with Gasteiger partial charge in [0.15, 0.2) is 7.05 Å². The van der Waals surface area contributed by atoms with Crippen molar-refractivity contribution in [3.63, 3.8) is 0 Å². The highest BCUT2D eigenvalue weighted by Crippen LogP contribution is 2.23. The highest BCUT2D eigenvalue weighted by Gasteiger charge is 2.14. The zero-order valence-corrected chi connectivity index (χ0v) is 9.67. The summed E-state index contributed by atoms with van der Waals surface area (Å²) >= 11 is 1.99. The smallest absolute Gasteiger partial charge is 0.257 e. The first kappa shape index (κ1) is 10.5. The van der Waals surface area contributed by atoms with Crippen LogP contribution in [0.3, 0.4) is 0 Å². The molecule has 0 atom stereocenters. The maximum absolute atomic E-state index is 11.2. The highest BCUT2D eigenvalue weighted by molar-refractivity contribution is 7.99. The van der Waals surface area contributed by atoms with Crippen LogP contribution in [0.25, 0.3) is 0 Å². The fourth-order valence-electron chi connectivity index (χ4n) is 1.71. The van der Waals surface area contributed by atoms with E-state index in [4.69, 9.17) is 0 Å². The van der Waals surface area contributed by atoms with Gasteiger partial charge in [0, 0.05) is 52.1 Å². The molecule has 4 heteroatoms. The SMILES string of the molecule is C[N+](=O)c1cccc(N2CCSCC2)c1. The Morgan fingerprint density at radius 2 is 2.07 bits per heavy atom. The lowest BCUT2D eigenvalue weighted by atomic mass is 10.2. The summed E-state index contributed by atoms with van der Waals surface area (Å²) in [5.41, 5.74) is 1.89. The molecule has 1 aromatic rings. The average molecular weight is 223 g/mol. The van der Waals surface area contributed by atoms with Gasteiger partial charge in [0.2, 0.25) is 0 Å². The molecule has 0 aliphatic carbocycles. The summed E-state index contributed by atoms with van der Waals surface area (Å²) in [6.45, 7) is 2.16. The molecule has 0 N–H and O–H groups in total. The Balaban J connectivity index is 2.19. The third-order valence-corrected chi connectivity index (χ3v) is 3.51. The van der Waals surface area contributed by atoms with Gasteiger partial charge in [0.1, 0.15) is 0 Å². The van der Waals surface area contributed by atoms with Crippen LogP contribution in [0.5, 0.6) is 0 Å². The Morgan fingerprint density at radius 3 is 2.73 bits per heavy atom. The Bertz CT molecular complexity index is 361. The molecule has 3 nitrogen and oxygen atoms in total. The van der Waals surface area contributed by atoms with E-state index in [1.54, 1.807) is 0 Å². The van der Waals surface area contributed by atoms with Crippen molar-refractivity contribution in [3.05, 3.63) is 29.2 Å². The van der Waals surface area contributed by atoms with Gasteiger partial charge in [-0.15, -0.1) is 0 Å². The summed E-state index contributed by atoms with van der Waals surface area (Å²) in [4.78, 5) is 13.5. The van der Waals surface area contributed by atoms with Crippen LogP contribution in [0.15, 0.2) is 24.3 Å². The van der Waals surface area contributed by atoms with Crippen LogP contribution in [0.2, 0.25) is 0 Å². The quantitative estimate of drug-likeness (QED) is 0.719. The van der Waals surface area contributed by atoms with Crippen molar-refractivity contribution in [3.8, 4) is 0 Å². The number of hydrogen-bond acceptors (Lipinski definition) is 3. The van der Waals surface area contributed by atoms with Crippen LogP contribution in [-0.2, 0) is 0 Å². The number of thioether (sulfide) groups is 1.